The van der Waals surface area contributed by atoms with Crippen molar-refractivity contribution in [1.29, 1.82) is 0 Å². The van der Waals surface area contributed by atoms with Gasteiger partial charge in [-0.25, -0.2) is 0 Å². The second kappa shape index (κ2) is 12.2. The zero-order valence-corrected chi connectivity index (χ0v) is 30.1. The fourth-order valence-electron chi connectivity index (χ4n) is 8.96. The average molecular weight is 697 g/mol. The van der Waals surface area contributed by atoms with E-state index in [4.69, 9.17) is 0 Å². The zero-order chi connectivity index (χ0) is 34.9. The normalized spacial score (nSPS) is 13.6. The van der Waals surface area contributed by atoms with Crippen molar-refractivity contribution in [3.8, 4) is 16.8 Å². The summed E-state index contributed by atoms with van der Waals surface area (Å²) >= 11 is 1.88. The molecule has 11 rings (SSSR count). The predicted molar refractivity (Wildman–Crippen MR) is 228 cm³/mol. The van der Waals surface area contributed by atoms with Crippen molar-refractivity contribution in [1.82, 2.24) is 4.57 Å². The van der Waals surface area contributed by atoms with Gasteiger partial charge in [0.05, 0.1) is 21.8 Å². The van der Waals surface area contributed by atoms with E-state index in [9.17, 15) is 0 Å². The van der Waals surface area contributed by atoms with Crippen LogP contribution in [-0.4, -0.2) is 4.57 Å². The molecule has 0 aliphatic heterocycles. The van der Waals surface area contributed by atoms with Crippen LogP contribution in [0.2, 0.25) is 0 Å². The van der Waals surface area contributed by atoms with Gasteiger partial charge in [0.1, 0.15) is 0 Å². The lowest BCUT2D eigenvalue weighted by Crippen LogP contribution is -2.11. The van der Waals surface area contributed by atoms with E-state index < -0.39 is 0 Å². The Labute approximate surface area is 313 Å². The molecule has 2 aliphatic rings. The Morgan fingerprint density at radius 1 is 0.509 bits per heavy atom. The van der Waals surface area contributed by atoms with Crippen LogP contribution in [0.5, 0.6) is 0 Å². The van der Waals surface area contributed by atoms with E-state index >= 15 is 0 Å². The van der Waals surface area contributed by atoms with Crippen molar-refractivity contribution >= 4 is 82.3 Å². The van der Waals surface area contributed by atoms with E-state index in [1.54, 1.807) is 0 Å². The molecule has 7 aromatic carbocycles. The van der Waals surface area contributed by atoms with E-state index in [2.05, 4.69) is 179 Å². The first kappa shape index (κ1) is 30.5. The number of benzene rings is 7. The van der Waals surface area contributed by atoms with Crippen LogP contribution in [0.25, 0.3) is 70.7 Å². The number of aromatic nitrogens is 1. The van der Waals surface area contributed by atoms with E-state index in [1.807, 2.05) is 11.3 Å². The Hall–Kier alpha value is -6.16. The van der Waals surface area contributed by atoms with Gasteiger partial charge in [-0.05, 0) is 107 Å². The molecule has 2 heterocycles. The lowest BCUT2D eigenvalue weighted by Gasteiger charge is -2.28. The van der Waals surface area contributed by atoms with Gasteiger partial charge in [-0.2, -0.15) is 0 Å². The lowest BCUT2D eigenvalue weighted by atomic mass is 9.94. The molecule has 0 unspecified atom stereocenters. The van der Waals surface area contributed by atoms with Gasteiger partial charge in [0.15, 0.2) is 0 Å². The molecular formula is C50H36N2S. The van der Waals surface area contributed by atoms with Crippen molar-refractivity contribution in [2.45, 2.75) is 25.7 Å². The van der Waals surface area contributed by atoms with Gasteiger partial charge >= 0.3 is 0 Å². The van der Waals surface area contributed by atoms with Crippen molar-refractivity contribution < 1.29 is 0 Å². The third-order valence-corrected chi connectivity index (χ3v) is 12.5. The number of hydrogen-bond donors (Lipinski definition) is 0. The molecule has 3 heteroatoms. The van der Waals surface area contributed by atoms with Gasteiger partial charge in [0, 0.05) is 43.5 Å². The molecule has 2 aromatic heterocycles. The molecule has 0 saturated heterocycles. The van der Waals surface area contributed by atoms with Crippen molar-refractivity contribution in [3.05, 3.63) is 180 Å². The highest BCUT2D eigenvalue weighted by Crippen LogP contribution is 2.48. The Morgan fingerprint density at radius 2 is 1.15 bits per heavy atom. The lowest BCUT2D eigenvalue weighted by molar-refractivity contribution is 0.922. The topological polar surface area (TPSA) is 8.17 Å². The van der Waals surface area contributed by atoms with Gasteiger partial charge in [-0.15, -0.1) is 11.3 Å². The molecule has 0 atom stereocenters. The molecule has 0 spiro atoms. The van der Waals surface area contributed by atoms with E-state index in [0.717, 1.165) is 31.4 Å². The molecule has 0 bridgehead atoms. The minimum Gasteiger partial charge on any atom is -0.309 e. The van der Waals surface area contributed by atoms with E-state index in [1.165, 1.54) is 92.4 Å². The number of fused-ring (bicyclic) bond motifs is 9. The Kier molecular flexibility index (Phi) is 7.03. The molecule has 2 nitrogen and oxygen atoms in total. The minimum atomic E-state index is 1.12. The molecule has 0 saturated carbocycles. The molecule has 0 amide bonds. The van der Waals surface area contributed by atoms with Gasteiger partial charge < -0.3 is 9.47 Å². The van der Waals surface area contributed by atoms with E-state index in [0.29, 0.717) is 0 Å². The first-order valence-corrected chi connectivity index (χ1v) is 19.5. The largest absolute Gasteiger partial charge is 0.309 e. The van der Waals surface area contributed by atoms with Crippen LogP contribution in [-0.2, 0) is 12.8 Å². The fraction of sp³-hybridized carbons (Fsp3) is 0.0800. The summed E-state index contributed by atoms with van der Waals surface area (Å²) in [5.41, 5.74) is 13.0. The summed E-state index contributed by atoms with van der Waals surface area (Å²) in [5, 5.41) is 7.62. The molecule has 53 heavy (non-hydrogen) atoms. The first-order valence-electron chi connectivity index (χ1n) is 18.7. The number of para-hydroxylation sites is 1. The number of hydrogen-bond acceptors (Lipinski definition) is 2. The molecule has 0 radical (unpaired) electrons. The first-order chi connectivity index (χ1) is 26.3. The van der Waals surface area contributed by atoms with Crippen LogP contribution < -0.4 is 4.90 Å². The van der Waals surface area contributed by atoms with Crippen LogP contribution >= 0.6 is 11.3 Å². The molecule has 252 valence electrons. The quantitative estimate of drug-likeness (QED) is 0.163. The molecule has 2 aliphatic carbocycles. The highest BCUT2D eigenvalue weighted by atomic mass is 32.1. The maximum Gasteiger partial charge on any atom is 0.0640 e. The maximum absolute atomic E-state index is 2.52. The minimum absolute atomic E-state index is 1.12. The Morgan fingerprint density at radius 3 is 1.94 bits per heavy atom. The van der Waals surface area contributed by atoms with Crippen LogP contribution in [0.4, 0.5) is 17.1 Å². The SMILES string of the molecule is C1=Cc2c(c3c(n2-c2ccccc2-c2ccc(N(c4cc5ccccc5c5ccccc45)c4cccc5c4sc4ccccc45)cc2)C=CCC3)CC1. The number of thiophene rings is 1. The van der Waals surface area contributed by atoms with E-state index in [-0.39, 0.29) is 0 Å². The maximum atomic E-state index is 2.52. The number of rotatable bonds is 5. The zero-order valence-electron chi connectivity index (χ0n) is 29.3. The summed E-state index contributed by atoms with van der Waals surface area (Å²) in [7, 11) is 0. The summed E-state index contributed by atoms with van der Waals surface area (Å²) in [6.07, 6.45) is 13.9. The average Bonchev–Trinajstić information content (AvgIpc) is 3.78. The molecule has 9 aromatic rings. The number of nitrogens with zero attached hydrogens (tertiary/aromatic N) is 2. The Balaban J connectivity index is 1.12. The van der Waals surface area contributed by atoms with Crippen LogP contribution in [0.15, 0.2) is 158 Å². The number of anilines is 3. The summed E-state index contributed by atoms with van der Waals surface area (Å²) in [6.45, 7) is 0. The van der Waals surface area contributed by atoms with Crippen LogP contribution in [0.3, 0.4) is 0 Å². The second-order valence-electron chi connectivity index (χ2n) is 14.3. The fourth-order valence-corrected chi connectivity index (χ4v) is 10.2. The van der Waals surface area contributed by atoms with Crippen LogP contribution in [0, 0.1) is 0 Å². The third-order valence-electron chi connectivity index (χ3n) is 11.3. The highest BCUT2D eigenvalue weighted by Gasteiger charge is 2.25. The molecular weight excluding hydrogens is 661 g/mol. The van der Waals surface area contributed by atoms with Gasteiger partial charge in [0.25, 0.3) is 0 Å². The second-order valence-corrected chi connectivity index (χ2v) is 15.3. The molecule has 0 fully saturated rings. The summed E-state index contributed by atoms with van der Waals surface area (Å²) < 4.78 is 5.13. The monoisotopic (exact) mass is 696 g/mol. The number of allylic oxidation sites excluding steroid dienone is 2. The van der Waals surface area contributed by atoms with Crippen molar-refractivity contribution in [2.24, 2.45) is 0 Å². The van der Waals surface area contributed by atoms with Gasteiger partial charge in [-0.1, -0.05) is 121 Å². The summed E-state index contributed by atoms with van der Waals surface area (Å²) in [5.74, 6) is 0. The highest BCUT2D eigenvalue weighted by molar-refractivity contribution is 7.26. The van der Waals surface area contributed by atoms with Gasteiger partial charge in [0.2, 0.25) is 0 Å². The smallest absolute Gasteiger partial charge is 0.0640 e. The Bertz CT molecular complexity index is 2910. The third kappa shape index (κ3) is 4.77. The predicted octanol–water partition coefficient (Wildman–Crippen LogP) is 14.2. The summed E-state index contributed by atoms with van der Waals surface area (Å²) in [6, 6.07) is 53.9. The van der Waals surface area contributed by atoms with Gasteiger partial charge in [-0.3, -0.25) is 0 Å². The molecule has 0 N–H and O–H groups in total. The van der Waals surface area contributed by atoms with Crippen LogP contribution in [0.1, 0.15) is 35.4 Å². The standard InChI is InChI=1S/C50H36N2S/c1-2-15-36-34(14-1)32-48(39-18-4-3-17-38(36)39)51(47-26-13-22-43-42-21-8-12-27-49(42)53-50(43)47)35-30-28-33(29-31-35)37-16-5-9-23-44(37)52-45-24-10-6-19-40(45)41-20-7-11-25-46(41)52/h1-5,8-18,21-32H,6-7,19-20H2. The van der Waals surface area contributed by atoms with Crippen molar-refractivity contribution in [2.75, 3.05) is 4.90 Å². The van der Waals surface area contributed by atoms with Crippen molar-refractivity contribution in [3.63, 3.8) is 0 Å². The summed E-state index contributed by atoms with van der Waals surface area (Å²) in [4.78, 5) is 2.50.